The first-order valence-corrected chi connectivity index (χ1v) is 5.53. The minimum absolute atomic E-state index is 0.457. The van der Waals surface area contributed by atoms with Crippen LogP contribution in [0.1, 0.15) is 24.7 Å². The van der Waals surface area contributed by atoms with E-state index < -0.39 is 0 Å². The maximum atomic E-state index is 5.90. The quantitative estimate of drug-likeness (QED) is 0.621. The van der Waals surface area contributed by atoms with Gasteiger partial charge in [-0.15, -0.1) is 0 Å². The lowest BCUT2D eigenvalue weighted by Gasteiger charge is -2.01. The summed E-state index contributed by atoms with van der Waals surface area (Å²) in [5, 5.41) is 1.25. The van der Waals surface area contributed by atoms with Gasteiger partial charge in [0.1, 0.15) is 11.2 Å². The third-order valence-corrected chi connectivity index (χ3v) is 3.00. The molecule has 2 aliphatic rings. The molecule has 1 atom stereocenters. The predicted octanol–water partition coefficient (Wildman–Crippen LogP) is 2.01. The molecule has 1 heterocycles. The van der Waals surface area contributed by atoms with E-state index in [-0.39, 0.29) is 0 Å². The molecular weight excluding hydrogens is 184 g/mol. The van der Waals surface area contributed by atoms with Gasteiger partial charge in [0.15, 0.2) is 0 Å². The van der Waals surface area contributed by atoms with Gasteiger partial charge in [-0.1, -0.05) is 37.3 Å². The molecule has 15 heavy (non-hydrogen) atoms. The fourth-order valence-corrected chi connectivity index (χ4v) is 2.23. The molecule has 1 heteroatoms. The number of furan rings is 1. The lowest BCUT2D eigenvalue weighted by atomic mass is 10.0. The minimum Gasteiger partial charge on any atom is -0.461 e. The van der Waals surface area contributed by atoms with E-state index in [1.807, 2.05) is 0 Å². The van der Waals surface area contributed by atoms with Gasteiger partial charge in [0, 0.05) is 17.2 Å². The van der Waals surface area contributed by atoms with Crippen LogP contribution in [0.2, 0.25) is 0 Å². The predicted molar refractivity (Wildman–Crippen MR) is 62.5 cm³/mol. The van der Waals surface area contributed by atoms with Crippen molar-refractivity contribution in [2.45, 2.75) is 19.8 Å². The zero-order valence-corrected chi connectivity index (χ0v) is 8.86. The number of hydrogen-bond donors (Lipinski definition) is 0. The van der Waals surface area contributed by atoms with Gasteiger partial charge in [0.2, 0.25) is 0 Å². The van der Waals surface area contributed by atoms with E-state index >= 15 is 0 Å². The highest BCUT2D eigenvalue weighted by Gasteiger charge is 2.12. The van der Waals surface area contributed by atoms with Crippen molar-refractivity contribution < 1.29 is 4.42 Å². The van der Waals surface area contributed by atoms with E-state index in [2.05, 4.69) is 43.4 Å². The fraction of sp³-hybridized carbons (Fsp3) is 0.286. The second-order valence-corrected chi connectivity index (χ2v) is 4.24. The van der Waals surface area contributed by atoms with Gasteiger partial charge >= 0.3 is 0 Å². The highest BCUT2D eigenvalue weighted by atomic mass is 16.3. The molecular formula is C14H14O. The summed E-state index contributed by atoms with van der Waals surface area (Å²) in [7, 11) is 0. The Morgan fingerprint density at radius 2 is 2.33 bits per heavy atom. The third-order valence-electron chi connectivity index (χ3n) is 3.00. The average Bonchev–Trinajstić information content (AvgIpc) is 2.46. The summed E-state index contributed by atoms with van der Waals surface area (Å²) in [6.45, 7) is 2.18. The van der Waals surface area contributed by atoms with Gasteiger partial charge in [0.25, 0.3) is 0 Å². The highest BCUT2D eigenvalue weighted by Crippen LogP contribution is 2.15. The van der Waals surface area contributed by atoms with Crippen molar-refractivity contribution in [3.63, 3.8) is 0 Å². The summed E-state index contributed by atoms with van der Waals surface area (Å²) in [5.41, 5.74) is 2.33. The van der Waals surface area contributed by atoms with Crippen molar-refractivity contribution >= 4 is 18.2 Å². The summed E-state index contributed by atoms with van der Waals surface area (Å²) in [4.78, 5) is 0. The van der Waals surface area contributed by atoms with Gasteiger partial charge in [-0.05, 0) is 18.4 Å². The van der Waals surface area contributed by atoms with Crippen LogP contribution in [0.15, 0.2) is 22.6 Å². The van der Waals surface area contributed by atoms with Crippen LogP contribution in [0.4, 0.5) is 0 Å². The molecule has 76 valence electrons. The van der Waals surface area contributed by atoms with Crippen molar-refractivity contribution in [2.24, 2.45) is 5.92 Å². The van der Waals surface area contributed by atoms with E-state index in [4.69, 9.17) is 4.42 Å². The number of rotatable bonds is 0. The highest BCUT2D eigenvalue weighted by molar-refractivity contribution is 5.59. The number of fused-ring (bicyclic) bond motifs is 3. The Hall–Kier alpha value is -1.50. The summed E-state index contributed by atoms with van der Waals surface area (Å²) in [6, 6.07) is 0. The first-order valence-electron chi connectivity index (χ1n) is 5.53. The maximum Gasteiger partial charge on any atom is 0.131 e. The van der Waals surface area contributed by atoms with Gasteiger partial charge in [-0.3, -0.25) is 0 Å². The van der Waals surface area contributed by atoms with Crippen LogP contribution < -0.4 is 10.6 Å². The Morgan fingerprint density at radius 3 is 3.27 bits per heavy atom. The monoisotopic (exact) mass is 198 g/mol. The molecule has 0 aliphatic heterocycles. The molecule has 1 unspecified atom stereocenters. The lowest BCUT2D eigenvalue weighted by molar-refractivity contribution is 0.476. The van der Waals surface area contributed by atoms with Crippen LogP contribution in [0, 0.1) is 5.92 Å². The molecule has 0 amide bonds. The van der Waals surface area contributed by atoms with Gasteiger partial charge in [-0.2, -0.15) is 0 Å². The van der Waals surface area contributed by atoms with Crippen molar-refractivity contribution in [2.75, 3.05) is 0 Å². The standard InChI is InChI=1S/C14H14O/c1-10-5-4-7-12-11-6-2-3-8-13(11)15-14(12)9-10/h2,4-7,9-10H,3,8H2,1H3. The summed E-state index contributed by atoms with van der Waals surface area (Å²) >= 11 is 0. The summed E-state index contributed by atoms with van der Waals surface area (Å²) in [6.07, 6.45) is 15.2. The van der Waals surface area contributed by atoms with E-state index in [0.717, 1.165) is 24.0 Å². The second kappa shape index (κ2) is 3.27. The molecule has 0 aromatic carbocycles. The minimum atomic E-state index is 0.457. The van der Waals surface area contributed by atoms with Gasteiger partial charge < -0.3 is 4.42 Å². The van der Waals surface area contributed by atoms with Crippen molar-refractivity contribution in [3.8, 4) is 0 Å². The van der Waals surface area contributed by atoms with Crippen LogP contribution >= 0.6 is 0 Å². The van der Waals surface area contributed by atoms with Crippen LogP contribution in [0.25, 0.3) is 18.2 Å². The van der Waals surface area contributed by atoms with E-state index in [1.165, 1.54) is 10.8 Å². The molecule has 1 aromatic rings. The maximum absolute atomic E-state index is 5.90. The van der Waals surface area contributed by atoms with Crippen molar-refractivity contribution in [1.29, 1.82) is 0 Å². The van der Waals surface area contributed by atoms with E-state index in [0.29, 0.717) is 5.92 Å². The second-order valence-electron chi connectivity index (χ2n) is 4.24. The van der Waals surface area contributed by atoms with Crippen LogP contribution in [-0.2, 0) is 6.42 Å². The Labute approximate surface area is 89.1 Å². The van der Waals surface area contributed by atoms with Crippen molar-refractivity contribution in [3.05, 3.63) is 40.2 Å². The smallest absolute Gasteiger partial charge is 0.131 e. The Balaban J connectivity index is 2.35. The molecule has 0 N–H and O–H groups in total. The largest absolute Gasteiger partial charge is 0.461 e. The van der Waals surface area contributed by atoms with E-state index in [1.54, 1.807) is 0 Å². The zero-order chi connectivity index (χ0) is 10.3. The molecule has 1 nitrogen and oxygen atoms in total. The normalized spacial score (nSPS) is 22.3. The average molecular weight is 198 g/mol. The summed E-state index contributed by atoms with van der Waals surface area (Å²) in [5.74, 6) is 1.61. The SMILES string of the molecule is CC1C=CC=c2c3c(oc2=C1)CCC=C3. The van der Waals surface area contributed by atoms with E-state index in [9.17, 15) is 0 Å². The Bertz CT molecular complexity index is 555. The number of allylic oxidation sites excluding steroid dienone is 3. The molecule has 0 saturated carbocycles. The van der Waals surface area contributed by atoms with Gasteiger partial charge in [-0.25, -0.2) is 0 Å². The van der Waals surface area contributed by atoms with Gasteiger partial charge in [0.05, 0.1) is 0 Å². The molecule has 0 bridgehead atoms. The molecule has 2 aliphatic carbocycles. The van der Waals surface area contributed by atoms with Crippen LogP contribution in [-0.4, -0.2) is 0 Å². The molecule has 1 aromatic heterocycles. The molecule has 0 radical (unpaired) electrons. The molecule has 0 spiro atoms. The third kappa shape index (κ3) is 1.39. The first kappa shape index (κ1) is 8.78. The Kier molecular flexibility index (Phi) is 1.91. The molecule has 0 fully saturated rings. The fourth-order valence-electron chi connectivity index (χ4n) is 2.23. The lowest BCUT2D eigenvalue weighted by Crippen LogP contribution is -2.21. The molecule has 0 saturated heterocycles. The van der Waals surface area contributed by atoms with Crippen LogP contribution in [0.5, 0.6) is 0 Å². The van der Waals surface area contributed by atoms with Crippen molar-refractivity contribution in [1.82, 2.24) is 0 Å². The topological polar surface area (TPSA) is 13.1 Å². The number of hydrogen-bond acceptors (Lipinski definition) is 1. The zero-order valence-electron chi connectivity index (χ0n) is 8.86. The molecule has 3 rings (SSSR count). The van der Waals surface area contributed by atoms with Crippen LogP contribution in [0.3, 0.4) is 0 Å². The Morgan fingerprint density at radius 1 is 1.40 bits per heavy atom. The summed E-state index contributed by atoms with van der Waals surface area (Å²) < 4.78 is 5.90. The first-order chi connectivity index (χ1) is 7.34. The number of aryl methyl sites for hydroxylation is 1.